The van der Waals surface area contributed by atoms with Gasteiger partial charge in [-0.3, -0.25) is 9.48 Å². The number of carbonyl (C=O) groups is 1. The van der Waals surface area contributed by atoms with E-state index in [1.807, 2.05) is 30.1 Å². The second-order valence-electron chi connectivity index (χ2n) is 6.00. The number of imidazole rings is 1. The first kappa shape index (κ1) is 15.8. The number of nitrogens with zero attached hydrogens (tertiary/aromatic N) is 3. The SMILES string of the molecule is CCCc1nn(C)c2c1[nH]c(=S)n2CC(C)(C)C(=O)NC. The second kappa shape index (κ2) is 5.63. The van der Waals surface area contributed by atoms with Crippen molar-refractivity contribution in [2.75, 3.05) is 7.05 Å². The minimum Gasteiger partial charge on any atom is -0.359 e. The summed E-state index contributed by atoms with van der Waals surface area (Å²) in [6.07, 6.45) is 1.94. The molecule has 0 radical (unpaired) electrons. The maximum Gasteiger partial charge on any atom is 0.227 e. The summed E-state index contributed by atoms with van der Waals surface area (Å²) < 4.78 is 4.44. The largest absolute Gasteiger partial charge is 0.359 e. The van der Waals surface area contributed by atoms with E-state index in [9.17, 15) is 4.79 Å². The molecule has 0 fully saturated rings. The van der Waals surface area contributed by atoms with Crippen LogP contribution in [0.2, 0.25) is 0 Å². The molecule has 2 aromatic rings. The summed E-state index contributed by atoms with van der Waals surface area (Å²) in [7, 11) is 3.56. The van der Waals surface area contributed by atoms with Gasteiger partial charge in [-0.25, -0.2) is 0 Å². The van der Waals surface area contributed by atoms with E-state index in [0.29, 0.717) is 11.3 Å². The first-order chi connectivity index (χ1) is 9.81. The van der Waals surface area contributed by atoms with E-state index in [1.165, 1.54) is 0 Å². The van der Waals surface area contributed by atoms with Gasteiger partial charge >= 0.3 is 0 Å². The topological polar surface area (TPSA) is 67.6 Å². The summed E-state index contributed by atoms with van der Waals surface area (Å²) >= 11 is 5.44. The van der Waals surface area contributed by atoms with Crippen molar-refractivity contribution in [2.45, 2.75) is 40.2 Å². The van der Waals surface area contributed by atoms with Crippen LogP contribution in [-0.2, 0) is 24.8 Å². The Morgan fingerprint density at radius 2 is 2.14 bits per heavy atom. The molecule has 2 N–H and O–H groups in total. The number of aromatic nitrogens is 4. The summed E-state index contributed by atoms with van der Waals surface area (Å²) in [5.41, 5.74) is 2.41. The van der Waals surface area contributed by atoms with Gasteiger partial charge in [-0.05, 0) is 32.5 Å². The summed E-state index contributed by atoms with van der Waals surface area (Å²) in [5, 5.41) is 7.26. The maximum absolute atomic E-state index is 12.0. The van der Waals surface area contributed by atoms with Crippen LogP contribution in [0.15, 0.2) is 0 Å². The summed E-state index contributed by atoms with van der Waals surface area (Å²) in [6, 6.07) is 0. The molecule has 1 amide bonds. The van der Waals surface area contributed by atoms with Crippen molar-refractivity contribution in [3.63, 3.8) is 0 Å². The minimum absolute atomic E-state index is 0.00491. The third-order valence-electron chi connectivity index (χ3n) is 3.70. The number of H-pyrrole nitrogens is 1. The molecule has 0 aliphatic heterocycles. The average Bonchev–Trinajstić information content (AvgIpc) is 2.88. The van der Waals surface area contributed by atoms with Gasteiger partial charge < -0.3 is 14.9 Å². The molecule has 2 heterocycles. The van der Waals surface area contributed by atoms with Crippen LogP contribution in [0.25, 0.3) is 11.2 Å². The Labute approximate surface area is 129 Å². The monoisotopic (exact) mass is 309 g/mol. The van der Waals surface area contributed by atoms with Gasteiger partial charge in [0, 0.05) is 20.6 Å². The smallest absolute Gasteiger partial charge is 0.227 e. The molecule has 7 heteroatoms. The molecular weight excluding hydrogens is 286 g/mol. The molecule has 116 valence electrons. The average molecular weight is 309 g/mol. The molecule has 0 spiro atoms. The quantitative estimate of drug-likeness (QED) is 0.832. The van der Waals surface area contributed by atoms with Crippen LogP contribution in [0.1, 0.15) is 32.9 Å². The van der Waals surface area contributed by atoms with Crippen molar-refractivity contribution >= 4 is 29.3 Å². The van der Waals surface area contributed by atoms with Crippen LogP contribution in [-0.4, -0.2) is 32.3 Å². The van der Waals surface area contributed by atoms with Crippen LogP contribution in [0.3, 0.4) is 0 Å². The fraction of sp³-hybridized carbons (Fsp3) is 0.643. The Kier molecular flexibility index (Phi) is 4.22. The molecule has 2 aromatic heterocycles. The maximum atomic E-state index is 12.0. The van der Waals surface area contributed by atoms with Crippen molar-refractivity contribution in [1.82, 2.24) is 24.6 Å². The van der Waals surface area contributed by atoms with Crippen molar-refractivity contribution in [1.29, 1.82) is 0 Å². The molecule has 0 saturated heterocycles. The van der Waals surface area contributed by atoms with Crippen molar-refractivity contribution in [2.24, 2.45) is 12.5 Å². The highest BCUT2D eigenvalue weighted by Gasteiger charge is 2.29. The van der Waals surface area contributed by atoms with Crippen LogP contribution < -0.4 is 5.32 Å². The van der Waals surface area contributed by atoms with Crippen molar-refractivity contribution in [3.05, 3.63) is 10.5 Å². The first-order valence-corrected chi connectivity index (χ1v) is 7.59. The van der Waals surface area contributed by atoms with Crippen LogP contribution in [0, 0.1) is 10.2 Å². The lowest BCUT2D eigenvalue weighted by Gasteiger charge is -2.23. The predicted octanol–water partition coefficient (Wildman–Crippen LogP) is 2.16. The van der Waals surface area contributed by atoms with E-state index < -0.39 is 5.41 Å². The third-order valence-corrected chi connectivity index (χ3v) is 4.03. The Morgan fingerprint density at radius 1 is 1.48 bits per heavy atom. The van der Waals surface area contributed by atoms with E-state index in [-0.39, 0.29) is 5.91 Å². The van der Waals surface area contributed by atoms with Crippen LogP contribution in [0.5, 0.6) is 0 Å². The molecule has 0 aromatic carbocycles. The van der Waals surface area contributed by atoms with Gasteiger partial charge in [0.25, 0.3) is 0 Å². The lowest BCUT2D eigenvalue weighted by atomic mass is 9.92. The van der Waals surface area contributed by atoms with Gasteiger partial charge in [0.05, 0.1) is 11.1 Å². The molecule has 0 saturated carbocycles. The van der Waals surface area contributed by atoms with Crippen molar-refractivity contribution in [3.8, 4) is 0 Å². The van der Waals surface area contributed by atoms with E-state index in [1.54, 1.807) is 7.05 Å². The zero-order valence-electron chi connectivity index (χ0n) is 13.3. The Hall–Kier alpha value is -1.63. The lowest BCUT2D eigenvalue weighted by Crippen LogP contribution is -2.37. The van der Waals surface area contributed by atoms with E-state index >= 15 is 0 Å². The molecule has 21 heavy (non-hydrogen) atoms. The molecule has 0 unspecified atom stereocenters. The molecular formula is C14H23N5OS. The zero-order chi connectivity index (χ0) is 15.8. The molecule has 0 aliphatic rings. The van der Waals surface area contributed by atoms with Gasteiger partial charge in [-0.2, -0.15) is 5.10 Å². The van der Waals surface area contributed by atoms with Crippen LogP contribution in [0.4, 0.5) is 0 Å². The second-order valence-corrected chi connectivity index (χ2v) is 6.38. The lowest BCUT2D eigenvalue weighted by molar-refractivity contribution is -0.129. The fourth-order valence-electron chi connectivity index (χ4n) is 2.64. The zero-order valence-corrected chi connectivity index (χ0v) is 14.1. The standard InChI is InChI=1S/C14H23N5OS/c1-6-7-9-10-11(18(5)17-9)19(13(21)16-10)8-14(2,3)12(20)15-4/h6-8H2,1-5H3,(H,15,20)(H,16,21). The summed E-state index contributed by atoms with van der Waals surface area (Å²) in [5.74, 6) is -0.00491. The highest BCUT2D eigenvalue weighted by molar-refractivity contribution is 7.71. The van der Waals surface area contributed by atoms with E-state index in [0.717, 1.165) is 29.7 Å². The molecule has 0 bridgehead atoms. The Balaban J connectivity index is 2.52. The van der Waals surface area contributed by atoms with Gasteiger partial charge in [0.2, 0.25) is 5.91 Å². The molecule has 0 aliphatic carbocycles. The van der Waals surface area contributed by atoms with Crippen molar-refractivity contribution < 1.29 is 4.79 Å². The fourth-order valence-corrected chi connectivity index (χ4v) is 2.89. The number of nitrogens with one attached hydrogen (secondary N) is 2. The normalized spacial score (nSPS) is 12.0. The molecule has 2 rings (SSSR count). The predicted molar refractivity (Wildman–Crippen MR) is 85.7 cm³/mol. The number of amides is 1. The van der Waals surface area contributed by atoms with E-state index in [2.05, 4.69) is 22.3 Å². The Bertz CT molecular complexity index is 722. The number of fused-ring (bicyclic) bond motifs is 1. The number of aromatic amines is 1. The van der Waals surface area contributed by atoms with Gasteiger partial charge in [-0.15, -0.1) is 0 Å². The highest BCUT2D eigenvalue weighted by atomic mass is 32.1. The van der Waals surface area contributed by atoms with Crippen LogP contribution >= 0.6 is 12.2 Å². The first-order valence-electron chi connectivity index (χ1n) is 7.18. The number of rotatable bonds is 5. The van der Waals surface area contributed by atoms with E-state index in [4.69, 9.17) is 12.2 Å². The minimum atomic E-state index is -0.544. The van der Waals surface area contributed by atoms with Gasteiger partial charge in [0.15, 0.2) is 10.4 Å². The third kappa shape index (κ3) is 2.74. The number of aryl methyl sites for hydroxylation is 2. The number of hydrogen-bond donors (Lipinski definition) is 2. The summed E-state index contributed by atoms with van der Waals surface area (Å²) in [4.78, 5) is 15.3. The molecule has 6 nitrogen and oxygen atoms in total. The number of carbonyl (C=O) groups excluding carboxylic acids is 1. The Morgan fingerprint density at radius 3 is 2.71 bits per heavy atom. The number of hydrogen-bond acceptors (Lipinski definition) is 3. The highest BCUT2D eigenvalue weighted by Crippen LogP contribution is 2.24. The molecule has 0 atom stereocenters. The summed E-state index contributed by atoms with van der Waals surface area (Å²) in [6.45, 7) is 6.46. The van der Waals surface area contributed by atoms with Gasteiger partial charge in [-0.1, -0.05) is 13.3 Å². The van der Waals surface area contributed by atoms with Gasteiger partial charge in [0.1, 0.15) is 5.52 Å².